The van der Waals surface area contributed by atoms with Gasteiger partial charge in [-0.2, -0.15) is 0 Å². The number of alkyl carbamates (subject to hydrolysis) is 1. The minimum atomic E-state index is -0.644. The van der Waals surface area contributed by atoms with E-state index in [1.165, 1.54) is 7.11 Å². The van der Waals surface area contributed by atoms with Crippen LogP contribution in [0.4, 0.5) is 4.79 Å². The third kappa shape index (κ3) is 13.3. The molecule has 0 radical (unpaired) electrons. The quantitative estimate of drug-likeness (QED) is 0.578. The molecule has 1 N–H and O–H groups in total. The van der Waals surface area contributed by atoms with E-state index in [2.05, 4.69) is 10.1 Å². The van der Waals surface area contributed by atoms with Crippen molar-refractivity contribution in [1.82, 2.24) is 5.32 Å². The number of methoxy groups -OCH3 is 3. The van der Waals surface area contributed by atoms with E-state index in [1.807, 2.05) is 30.3 Å². The summed E-state index contributed by atoms with van der Waals surface area (Å²) in [5.41, 5.74) is 0.885. The average molecular weight is 327 g/mol. The molecule has 0 aliphatic heterocycles. The van der Waals surface area contributed by atoms with Crippen LogP contribution in [0.3, 0.4) is 0 Å². The summed E-state index contributed by atoms with van der Waals surface area (Å²) < 4.78 is 18.7. The van der Waals surface area contributed by atoms with Crippen LogP contribution in [0, 0.1) is 0 Å². The Labute approximate surface area is 136 Å². The van der Waals surface area contributed by atoms with Gasteiger partial charge in [0.1, 0.15) is 13.2 Å². The van der Waals surface area contributed by atoms with E-state index in [4.69, 9.17) is 14.2 Å². The van der Waals surface area contributed by atoms with Crippen molar-refractivity contribution in [3.8, 4) is 0 Å². The number of nitrogens with one attached hydrogen (secondary N) is 1. The van der Waals surface area contributed by atoms with Gasteiger partial charge in [-0.05, 0) is 12.0 Å². The first-order valence-electron chi connectivity index (χ1n) is 7.13. The predicted octanol–water partition coefficient (Wildman–Crippen LogP) is 1.76. The highest BCUT2D eigenvalue weighted by Gasteiger charge is 2.05. The number of hydrogen-bond donors (Lipinski definition) is 1. The second-order valence-corrected chi connectivity index (χ2v) is 4.33. The van der Waals surface area contributed by atoms with Crippen molar-refractivity contribution in [2.75, 3.05) is 41.1 Å². The molecule has 0 heterocycles. The molecule has 0 fully saturated rings. The first-order chi connectivity index (χ1) is 11.1. The van der Waals surface area contributed by atoms with Crippen LogP contribution in [-0.4, -0.2) is 53.2 Å². The van der Waals surface area contributed by atoms with Gasteiger partial charge in [0.05, 0.1) is 7.11 Å². The largest absolute Gasteiger partial charge is 0.468 e. The minimum absolute atomic E-state index is 0.174. The van der Waals surface area contributed by atoms with Crippen LogP contribution in [0.15, 0.2) is 30.3 Å². The maximum absolute atomic E-state index is 11.1. The van der Waals surface area contributed by atoms with Crippen LogP contribution in [0.25, 0.3) is 0 Å². The van der Waals surface area contributed by atoms with E-state index in [1.54, 1.807) is 14.2 Å². The van der Waals surface area contributed by atoms with Crippen LogP contribution >= 0.6 is 0 Å². The van der Waals surface area contributed by atoms with Gasteiger partial charge in [-0.15, -0.1) is 0 Å². The molecule has 1 rings (SSSR count). The van der Waals surface area contributed by atoms with Crippen LogP contribution in [-0.2, 0) is 30.3 Å². The summed E-state index contributed by atoms with van der Waals surface area (Å²) in [6.45, 7) is 1.58. The third-order valence-corrected chi connectivity index (χ3v) is 2.51. The molecule has 0 saturated carbocycles. The summed E-state index contributed by atoms with van der Waals surface area (Å²) in [6.07, 6.45) is 0.349. The van der Waals surface area contributed by atoms with Gasteiger partial charge >= 0.3 is 12.1 Å². The fourth-order valence-electron chi connectivity index (χ4n) is 1.34. The molecule has 23 heavy (non-hydrogen) atoms. The van der Waals surface area contributed by atoms with E-state index in [0.717, 1.165) is 25.2 Å². The first-order valence-corrected chi connectivity index (χ1v) is 7.13. The van der Waals surface area contributed by atoms with Crippen LogP contribution < -0.4 is 5.32 Å². The summed E-state index contributed by atoms with van der Waals surface area (Å²) in [5.74, 6) is -0.517. The number of amides is 1. The first kappa shape index (κ1) is 20.9. The molecule has 0 aromatic heterocycles. The molecular weight excluding hydrogens is 302 g/mol. The second kappa shape index (κ2) is 14.8. The van der Waals surface area contributed by atoms with E-state index < -0.39 is 12.1 Å². The summed E-state index contributed by atoms with van der Waals surface area (Å²) in [6, 6.07) is 9.26. The van der Waals surface area contributed by atoms with Gasteiger partial charge in [-0.25, -0.2) is 4.79 Å². The molecule has 1 aromatic rings. The van der Waals surface area contributed by atoms with Crippen molar-refractivity contribution in [3.63, 3.8) is 0 Å². The lowest BCUT2D eigenvalue weighted by Crippen LogP contribution is -2.30. The molecule has 0 bridgehead atoms. The molecular formula is C16H25NO6. The molecule has 0 saturated heterocycles. The van der Waals surface area contributed by atoms with Gasteiger partial charge in [0, 0.05) is 27.4 Å². The Bertz CT molecular complexity index is 420. The normalized spacial score (nSPS) is 9.35. The second-order valence-electron chi connectivity index (χ2n) is 4.33. The SMILES string of the molecule is COC(=O)CNC(=O)OCc1ccccc1.COCCCOC. The molecule has 7 nitrogen and oxygen atoms in total. The maximum Gasteiger partial charge on any atom is 0.407 e. The van der Waals surface area contributed by atoms with Gasteiger partial charge in [0.15, 0.2) is 0 Å². The Morgan fingerprint density at radius 2 is 1.61 bits per heavy atom. The summed E-state index contributed by atoms with van der Waals surface area (Å²) in [7, 11) is 4.63. The molecule has 0 atom stereocenters. The molecule has 0 aliphatic rings. The number of carbonyl (C=O) groups is 2. The van der Waals surface area contributed by atoms with Gasteiger partial charge in [0.2, 0.25) is 0 Å². The van der Waals surface area contributed by atoms with Crippen molar-refractivity contribution < 1.29 is 28.5 Å². The van der Waals surface area contributed by atoms with Crippen LogP contribution in [0.5, 0.6) is 0 Å². The Hall–Kier alpha value is -2.12. The number of hydrogen-bond acceptors (Lipinski definition) is 6. The summed E-state index contributed by atoms with van der Waals surface area (Å²) in [5, 5.41) is 2.27. The van der Waals surface area contributed by atoms with Crippen LogP contribution in [0.1, 0.15) is 12.0 Å². The predicted molar refractivity (Wildman–Crippen MR) is 85.0 cm³/mol. The van der Waals surface area contributed by atoms with E-state index in [0.29, 0.717) is 0 Å². The van der Waals surface area contributed by atoms with Crippen molar-refractivity contribution >= 4 is 12.1 Å². The molecule has 0 unspecified atom stereocenters. The smallest absolute Gasteiger partial charge is 0.407 e. The van der Waals surface area contributed by atoms with Gasteiger partial charge in [-0.1, -0.05) is 30.3 Å². The zero-order valence-electron chi connectivity index (χ0n) is 13.9. The fourth-order valence-corrected chi connectivity index (χ4v) is 1.34. The van der Waals surface area contributed by atoms with E-state index in [-0.39, 0.29) is 13.2 Å². The molecule has 7 heteroatoms. The monoisotopic (exact) mass is 327 g/mol. The van der Waals surface area contributed by atoms with Gasteiger partial charge in [-0.3, -0.25) is 4.79 Å². The maximum atomic E-state index is 11.1. The number of rotatable bonds is 8. The third-order valence-electron chi connectivity index (χ3n) is 2.51. The number of esters is 1. The summed E-state index contributed by atoms with van der Waals surface area (Å²) >= 11 is 0. The lowest BCUT2D eigenvalue weighted by Gasteiger charge is -2.05. The lowest BCUT2D eigenvalue weighted by atomic mass is 10.2. The Morgan fingerprint density at radius 1 is 1.00 bits per heavy atom. The molecule has 0 aliphatic carbocycles. The Balaban J connectivity index is 0.000000585. The van der Waals surface area contributed by atoms with Gasteiger partial charge < -0.3 is 24.3 Å². The zero-order valence-corrected chi connectivity index (χ0v) is 13.9. The number of benzene rings is 1. The fraction of sp³-hybridized carbons (Fsp3) is 0.500. The van der Waals surface area contributed by atoms with Crippen molar-refractivity contribution in [1.29, 1.82) is 0 Å². The molecule has 1 amide bonds. The molecule has 130 valence electrons. The Kier molecular flexibility index (Phi) is 13.4. The van der Waals surface area contributed by atoms with E-state index >= 15 is 0 Å². The highest BCUT2D eigenvalue weighted by molar-refractivity contribution is 5.77. The summed E-state index contributed by atoms with van der Waals surface area (Å²) in [4.78, 5) is 21.8. The standard InChI is InChI=1S/C11H13NO4.C5H12O2/c1-15-10(13)7-12-11(14)16-8-9-5-3-2-4-6-9;1-6-4-3-5-7-2/h2-6H,7-8H2,1H3,(H,12,14);3-5H2,1-2H3. The molecule has 1 aromatic carbocycles. The van der Waals surface area contributed by atoms with Crippen LogP contribution in [0.2, 0.25) is 0 Å². The lowest BCUT2D eigenvalue weighted by molar-refractivity contribution is -0.139. The highest BCUT2D eigenvalue weighted by Crippen LogP contribution is 2.00. The van der Waals surface area contributed by atoms with Gasteiger partial charge in [0.25, 0.3) is 0 Å². The van der Waals surface area contributed by atoms with Crippen molar-refractivity contribution in [3.05, 3.63) is 35.9 Å². The zero-order chi connectivity index (χ0) is 17.3. The number of carbonyl (C=O) groups excluding carboxylic acids is 2. The van der Waals surface area contributed by atoms with E-state index in [9.17, 15) is 9.59 Å². The number of ether oxygens (including phenoxy) is 4. The minimum Gasteiger partial charge on any atom is -0.468 e. The average Bonchev–Trinajstić information content (AvgIpc) is 2.59. The van der Waals surface area contributed by atoms with Crippen molar-refractivity contribution in [2.45, 2.75) is 13.0 Å². The Morgan fingerprint density at radius 3 is 2.13 bits per heavy atom. The topological polar surface area (TPSA) is 83.1 Å². The highest BCUT2D eigenvalue weighted by atomic mass is 16.6. The molecule has 0 spiro atoms. The van der Waals surface area contributed by atoms with Crippen molar-refractivity contribution in [2.24, 2.45) is 0 Å².